The van der Waals surface area contributed by atoms with E-state index in [1.165, 1.54) is 28.9 Å². The monoisotopic (exact) mass is 743 g/mol. The number of likely N-dealkylation sites (tertiary alicyclic amines) is 2. The number of nitrogens with zero attached hydrogens (tertiary/aromatic N) is 3. The van der Waals surface area contributed by atoms with Gasteiger partial charge >= 0.3 is 18.3 Å². The lowest BCUT2D eigenvalue weighted by molar-refractivity contribution is -0.168. The minimum Gasteiger partial charge on any atom is -0.496 e. The molecular weight excluding hydrogens is 704 g/mol. The summed E-state index contributed by atoms with van der Waals surface area (Å²) >= 11 is 0.363. The molecule has 5 rings (SSSR count). The van der Waals surface area contributed by atoms with Gasteiger partial charge in [-0.2, -0.15) is 26.3 Å². The molecule has 2 aromatic rings. The summed E-state index contributed by atoms with van der Waals surface area (Å²) in [5.41, 5.74) is -4.73. The van der Waals surface area contributed by atoms with Crippen molar-refractivity contribution in [3.05, 3.63) is 69.6 Å². The molecule has 0 unspecified atom stereocenters. The van der Waals surface area contributed by atoms with E-state index in [0.29, 0.717) is 29.1 Å². The topological polar surface area (TPSA) is 99.6 Å². The number of carboxylic acid groups (broad SMARTS) is 1. The van der Waals surface area contributed by atoms with Crippen LogP contribution in [0, 0.1) is 0 Å². The van der Waals surface area contributed by atoms with Crippen molar-refractivity contribution in [2.45, 2.75) is 74.9 Å². The molecule has 0 spiro atoms. The van der Waals surface area contributed by atoms with Crippen molar-refractivity contribution in [2.24, 2.45) is 0 Å². The number of thiophene rings is 1. The van der Waals surface area contributed by atoms with Gasteiger partial charge < -0.3 is 29.3 Å². The number of alkyl halides is 6. The average Bonchev–Trinajstić information content (AvgIpc) is 3.57. The lowest BCUT2D eigenvalue weighted by Crippen LogP contribution is -2.69. The van der Waals surface area contributed by atoms with Gasteiger partial charge in [-0.3, -0.25) is 14.4 Å². The van der Waals surface area contributed by atoms with Crippen LogP contribution >= 0.6 is 11.3 Å². The Bertz CT molecular complexity index is 1700. The number of halogens is 6. The summed E-state index contributed by atoms with van der Waals surface area (Å²) in [4.78, 5) is 44.9. The Labute approximate surface area is 295 Å². The second-order valence-electron chi connectivity index (χ2n) is 13.0. The van der Waals surface area contributed by atoms with Crippen molar-refractivity contribution in [3.63, 3.8) is 0 Å². The molecule has 4 heterocycles. The molecular formula is C35H39F6N3O6S. The van der Waals surface area contributed by atoms with E-state index in [9.17, 15) is 45.8 Å². The van der Waals surface area contributed by atoms with Crippen molar-refractivity contribution in [1.29, 1.82) is 0 Å². The SMILES string of the molecule is CCC[C@H]1N(C(=O)C2=CN(C)CC=C2C(F)(F)F)CCC[C@@]1(Oc1csc(C(F)(F)F)c1)C(=O)N1CCC(C(=O)O)(c2ccccc2OC)CC1. The maximum atomic E-state index is 14.9. The molecule has 0 aliphatic carbocycles. The highest BCUT2D eigenvalue weighted by Gasteiger charge is 2.57. The van der Waals surface area contributed by atoms with Crippen LogP contribution in [-0.2, 0) is 26.0 Å². The van der Waals surface area contributed by atoms with Gasteiger partial charge in [0.2, 0.25) is 5.60 Å². The first-order valence-electron chi connectivity index (χ1n) is 16.5. The Morgan fingerprint density at radius 1 is 1.02 bits per heavy atom. The third kappa shape index (κ3) is 7.28. The van der Waals surface area contributed by atoms with Crippen LogP contribution < -0.4 is 9.47 Å². The fraction of sp³-hybridized carbons (Fsp3) is 0.514. The summed E-state index contributed by atoms with van der Waals surface area (Å²) in [6.45, 7) is 1.46. The van der Waals surface area contributed by atoms with Crippen LogP contribution in [0.25, 0.3) is 0 Å². The second kappa shape index (κ2) is 14.4. The van der Waals surface area contributed by atoms with Crippen LogP contribution in [0.15, 0.2) is 59.1 Å². The minimum atomic E-state index is -4.85. The fourth-order valence-corrected chi connectivity index (χ4v) is 8.09. The van der Waals surface area contributed by atoms with E-state index in [0.717, 1.165) is 23.7 Å². The Kier molecular flexibility index (Phi) is 10.8. The number of likely N-dealkylation sites (N-methyl/N-ethyl adjacent to an activating group) is 1. The standard InChI is InChI=1S/C35H39F6N3O6S/c1-4-8-27-33(50-22-19-28(51-21-22)35(39,40)41,12-7-15-44(27)29(45)23-20-42(2)16-11-24(23)34(36,37)38)30(46)43-17-13-32(14-18-43,31(47)48)25-9-5-6-10-26(25)49-3/h5-6,9-11,19-21,27H,4,7-8,12-18H2,1-3H3,(H,47,48)/t27-,33+/m1/s1. The third-order valence-corrected chi connectivity index (χ3v) is 10.8. The summed E-state index contributed by atoms with van der Waals surface area (Å²) < 4.78 is 95.2. The van der Waals surface area contributed by atoms with E-state index in [1.807, 2.05) is 0 Å². The van der Waals surface area contributed by atoms with Gasteiger partial charge in [-0.1, -0.05) is 37.6 Å². The zero-order chi connectivity index (χ0) is 37.4. The number of carboxylic acids is 1. The first-order valence-corrected chi connectivity index (χ1v) is 17.4. The van der Waals surface area contributed by atoms with Crippen molar-refractivity contribution in [2.75, 3.05) is 40.3 Å². The van der Waals surface area contributed by atoms with Gasteiger partial charge in [0.25, 0.3) is 11.8 Å². The zero-order valence-corrected chi connectivity index (χ0v) is 29.1. The first kappa shape index (κ1) is 38.0. The maximum Gasteiger partial charge on any atom is 0.425 e. The molecule has 1 N–H and O–H groups in total. The molecule has 1 aromatic carbocycles. The van der Waals surface area contributed by atoms with E-state index in [4.69, 9.17) is 9.47 Å². The highest BCUT2D eigenvalue weighted by Crippen LogP contribution is 2.45. The van der Waals surface area contributed by atoms with E-state index < -0.39 is 63.2 Å². The Hall–Kier alpha value is -4.21. The predicted molar refractivity (Wildman–Crippen MR) is 175 cm³/mol. The van der Waals surface area contributed by atoms with E-state index >= 15 is 0 Å². The molecule has 3 aliphatic heterocycles. The second-order valence-corrected chi connectivity index (χ2v) is 13.9. The molecule has 1 aromatic heterocycles. The molecule has 0 bridgehead atoms. The molecule has 51 heavy (non-hydrogen) atoms. The van der Waals surface area contributed by atoms with E-state index in [-0.39, 0.29) is 64.0 Å². The van der Waals surface area contributed by atoms with Gasteiger partial charge in [0.05, 0.1) is 29.7 Å². The Morgan fingerprint density at radius 2 is 1.71 bits per heavy atom. The number of rotatable bonds is 9. The largest absolute Gasteiger partial charge is 0.496 e. The van der Waals surface area contributed by atoms with Gasteiger partial charge in [0, 0.05) is 62.9 Å². The number of carbonyl (C=O) groups is 3. The molecule has 3 aliphatic rings. The molecule has 9 nitrogen and oxygen atoms in total. The number of aliphatic carboxylic acids is 1. The molecule has 16 heteroatoms. The van der Waals surface area contributed by atoms with Gasteiger partial charge in [0.15, 0.2) is 0 Å². The summed E-state index contributed by atoms with van der Waals surface area (Å²) in [5, 5.41) is 11.6. The zero-order valence-electron chi connectivity index (χ0n) is 28.3. The number of methoxy groups -OCH3 is 1. The van der Waals surface area contributed by atoms with Gasteiger partial charge in [-0.15, -0.1) is 11.3 Å². The first-order chi connectivity index (χ1) is 24.0. The van der Waals surface area contributed by atoms with Crippen LogP contribution in [0.5, 0.6) is 11.5 Å². The number of ether oxygens (including phenoxy) is 2. The van der Waals surface area contributed by atoms with Crippen LogP contribution in [0.4, 0.5) is 26.3 Å². The number of para-hydroxylation sites is 1. The summed E-state index contributed by atoms with van der Waals surface area (Å²) in [6.07, 6.45) is -7.14. The highest BCUT2D eigenvalue weighted by atomic mass is 32.1. The van der Waals surface area contributed by atoms with Crippen molar-refractivity contribution in [3.8, 4) is 11.5 Å². The number of piperidine rings is 2. The van der Waals surface area contributed by atoms with E-state index in [1.54, 1.807) is 31.2 Å². The quantitative estimate of drug-likeness (QED) is 0.288. The third-order valence-electron chi connectivity index (χ3n) is 9.90. The Morgan fingerprint density at radius 3 is 2.29 bits per heavy atom. The predicted octanol–water partition coefficient (Wildman–Crippen LogP) is 6.65. The molecule has 0 saturated carbocycles. The normalized spacial score (nSPS) is 22.6. The highest BCUT2D eigenvalue weighted by molar-refractivity contribution is 7.10. The molecule has 2 amide bonds. The lowest BCUT2D eigenvalue weighted by atomic mass is 9.71. The van der Waals surface area contributed by atoms with Gasteiger partial charge in [-0.25, -0.2) is 0 Å². The van der Waals surface area contributed by atoms with Crippen LogP contribution in [0.1, 0.15) is 55.9 Å². The smallest absolute Gasteiger partial charge is 0.425 e. The number of hydrogen-bond acceptors (Lipinski definition) is 7. The molecule has 2 atom stereocenters. The average molecular weight is 744 g/mol. The number of amides is 2. The Balaban J connectivity index is 1.56. The summed E-state index contributed by atoms with van der Waals surface area (Å²) in [5.74, 6) is -2.70. The molecule has 2 fully saturated rings. The van der Waals surface area contributed by atoms with Crippen LogP contribution in [0.3, 0.4) is 0 Å². The molecule has 278 valence electrons. The van der Waals surface area contributed by atoms with E-state index in [2.05, 4.69) is 0 Å². The summed E-state index contributed by atoms with van der Waals surface area (Å²) in [7, 11) is 2.93. The molecule has 0 radical (unpaired) electrons. The minimum absolute atomic E-state index is 0.0263. The van der Waals surface area contributed by atoms with Crippen molar-refractivity contribution in [1.82, 2.24) is 14.7 Å². The molecule has 2 saturated heterocycles. The van der Waals surface area contributed by atoms with Gasteiger partial charge in [0.1, 0.15) is 16.4 Å². The fourth-order valence-electron chi connectivity index (χ4n) is 7.41. The summed E-state index contributed by atoms with van der Waals surface area (Å²) in [6, 6.07) is 6.25. The number of carbonyl (C=O) groups excluding carboxylic acids is 2. The van der Waals surface area contributed by atoms with Crippen LogP contribution in [-0.4, -0.2) is 95.7 Å². The number of hydrogen-bond donors (Lipinski definition) is 1. The lowest BCUT2D eigenvalue weighted by Gasteiger charge is -2.51. The van der Waals surface area contributed by atoms with Crippen molar-refractivity contribution < 1.29 is 55.3 Å². The van der Waals surface area contributed by atoms with Crippen LogP contribution in [0.2, 0.25) is 0 Å². The maximum absolute atomic E-state index is 14.9. The number of benzene rings is 1. The van der Waals surface area contributed by atoms with Crippen molar-refractivity contribution >= 4 is 29.1 Å². The van der Waals surface area contributed by atoms with Gasteiger partial charge in [-0.05, 0) is 31.7 Å².